The third kappa shape index (κ3) is 4.60. The van der Waals surface area contributed by atoms with E-state index in [1.165, 1.54) is 17.7 Å². The summed E-state index contributed by atoms with van der Waals surface area (Å²) in [6.07, 6.45) is 3.85. The van der Waals surface area contributed by atoms with Crippen molar-refractivity contribution in [3.63, 3.8) is 0 Å². The number of likely N-dealkylation sites (tertiary alicyclic amines) is 1. The van der Waals surface area contributed by atoms with Crippen LogP contribution < -0.4 is 0 Å². The first-order valence-corrected chi connectivity index (χ1v) is 8.21. The summed E-state index contributed by atoms with van der Waals surface area (Å²) in [5, 5.41) is 10.9. The minimum Gasteiger partial charge on any atom is -0.384 e. The van der Waals surface area contributed by atoms with E-state index in [2.05, 4.69) is 29.0 Å². The van der Waals surface area contributed by atoms with Crippen LogP contribution in [0, 0.1) is 11.8 Å². The predicted octanol–water partition coefficient (Wildman–Crippen LogP) is 2.48. The molecule has 4 heteroatoms. The molecule has 0 amide bonds. The highest BCUT2D eigenvalue weighted by molar-refractivity contribution is 7.10. The molecule has 1 aromatic heterocycles. The number of nitrogens with zero attached hydrogens (tertiary/aromatic N) is 1. The van der Waals surface area contributed by atoms with Gasteiger partial charge in [-0.2, -0.15) is 0 Å². The first-order valence-electron chi connectivity index (χ1n) is 7.33. The SMILES string of the molecule is CCCOC1CCCN(Cc2sccc2C#CCO)C1. The monoisotopic (exact) mass is 293 g/mol. The van der Waals surface area contributed by atoms with Crippen molar-refractivity contribution in [1.82, 2.24) is 4.90 Å². The lowest BCUT2D eigenvalue weighted by atomic mass is 10.1. The third-order valence-electron chi connectivity index (χ3n) is 3.43. The fourth-order valence-electron chi connectivity index (χ4n) is 2.49. The van der Waals surface area contributed by atoms with E-state index in [4.69, 9.17) is 9.84 Å². The van der Waals surface area contributed by atoms with Crippen LogP contribution in [-0.4, -0.2) is 42.4 Å². The average molecular weight is 293 g/mol. The van der Waals surface area contributed by atoms with Crippen molar-refractivity contribution in [3.05, 3.63) is 21.9 Å². The zero-order chi connectivity index (χ0) is 14.2. The van der Waals surface area contributed by atoms with Gasteiger partial charge < -0.3 is 9.84 Å². The minimum atomic E-state index is -0.0774. The fourth-order valence-corrected chi connectivity index (χ4v) is 3.36. The molecular weight excluding hydrogens is 270 g/mol. The fraction of sp³-hybridized carbons (Fsp3) is 0.625. The number of ether oxygens (including phenoxy) is 1. The van der Waals surface area contributed by atoms with Gasteiger partial charge in [0.2, 0.25) is 0 Å². The van der Waals surface area contributed by atoms with Gasteiger partial charge in [-0.25, -0.2) is 0 Å². The number of rotatable bonds is 5. The summed E-state index contributed by atoms with van der Waals surface area (Å²) in [5.41, 5.74) is 1.06. The normalized spacial score (nSPS) is 19.6. The molecule has 20 heavy (non-hydrogen) atoms. The van der Waals surface area contributed by atoms with Gasteiger partial charge in [-0.1, -0.05) is 18.8 Å². The molecule has 0 saturated carbocycles. The Kier molecular flexibility index (Phi) is 6.55. The second-order valence-corrected chi connectivity index (χ2v) is 6.09. The molecule has 0 aromatic carbocycles. The van der Waals surface area contributed by atoms with E-state index in [9.17, 15) is 0 Å². The summed E-state index contributed by atoms with van der Waals surface area (Å²) in [6, 6.07) is 2.04. The Morgan fingerprint density at radius 1 is 1.55 bits per heavy atom. The van der Waals surface area contributed by atoms with Gasteiger partial charge in [0.15, 0.2) is 0 Å². The molecule has 0 aliphatic carbocycles. The molecule has 0 spiro atoms. The minimum absolute atomic E-state index is 0.0774. The van der Waals surface area contributed by atoms with Crippen LogP contribution in [0.3, 0.4) is 0 Å². The molecule has 1 aliphatic rings. The summed E-state index contributed by atoms with van der Waals surface area (Å²) >= 11 is 1.75. The maximum atomic E-state index is 8.80. The highest BCUT2D eigenvalue weighted by Gasteiger charge is 2.21. The van der Waals surface area contributed by atoms with Crippen molar-refractivity contribution in [1.29, 1.82) is 0 Å². The number of thiophene rings is 1. The van der Waals surface area contributed by atoms with Crippen molar-refractivity contribution < 1.29 is 9.84 Å². The number of piperidine rings is 1. The van der Waals surface area contributed by atoms with E-state index in [0.29, 0.717) is 6.10 Å². The van der Waals surface area contributed by atoms with Gasteiger partial charge in [-0.15, -0.1) is 11.3 Å². The van der Waals surface area contributed by atoms with E-state index in [-0.39, 0.29) is 6.61 Å². The predicted molar refractivity (Wildman–Crippen MR) is 82.8 cm³/mol. The summed E-state index contributed by atoms with van der Waals surface area (Å²) in [5.74, 6) is 5.76. The lowest BCUT2D eigenvalue weighted by Crippen LogP contribution is -2.39. The second kappa shape index (κ2) is 8.43. The summed E-state index contributed by atoms with van der Waals surface area (Å²) < 4.78 is 5.88. The second-order valence-electron chi connectivity index (χ2n) is 5.09. The molecule has 1 N–H and O–H groups in total. The van der Waals surface area contributed by atoms with Gasteiger partial charge in [0.25, 0.3) is 0 Å². The maximum absolute atomic E-state index is 8.80. The van der Waals surface area contributed by atoms with E-state index in [1.54, 1.807) is 11.3 Å². The summed E-state index contributed by atoms with van der Waals surface area (Å²) in [7, 11) is 0. The van der Waals surface area contributed by atoms with Crippen LogP contribution in [0.4, 0.5) is 0 Å². The largest absolute Gasteiger partial charge is 0.384 e. The zero-order valence-electron chi connectivity index (χ0n) is 12.1. The molecule has 3 nitrogen and oxygen atoms in total. The van der Waals surface area contributed by atoms with Gasteiger partial charge in [0.05, 0.1) is 6.10 Å². The zero-order valence-corrected chi connectivity index (χ0v) is 12.9. The molecule has 1 unspecified atom stereocenters. The Morgan fingerprint density at radius 2 is 2.45 bits per heavy atom. The quantitative estimate of drug-likeness (QED) is 0.847. The lowest BCUT2D eigenvalue weighted by molar-refractivity contribution is -0.00199. The molecule has 2 heterocycles. The third-order valence-corrected chi connectivity index (χ3v) is 4.34. The molecule has 1 aromatic rings. The van der Waals surface area contributed by atoms with Crippen LogP contribution in [0.25, 0.3) is 0 Å². The molecule has 0 radical (unpaired) electrons. The van der Waals surface area contributed by atoms with Crippen LogP contribution in [0.5, 0.6) is 0 Å². The van der Waals surface area contributed by atoms with Gasteiger partial charge in [-0.3, -0.25) is 4.90 Å². The van der Waals surface area contributed by atoms with Crippen molar-refractivity contribution in [2.24, 2.45) is 0 Å². The van der Waals surface area contributed by atoms with Gasteiger partial charge in [0, 0.05) is 30.1 Å². The standard InChI is InChI=1S/C16H23NO2S/c1-2-10-19-15-6-3-8-17(12-15)13-16-14(5-4-9-18)7-11-20-16/h7,11,15,18H,2-3,6,8-10,12-13H2,1H3. The van der Waals surface area contributed by atoms with E-state index in [1.807, 2.05) is 6.07 Å². The van der Waals surface area contributed by atoms with Crippen LogP contribution in [-0.2, 0) is 11.3 Å². The van der Waals surface area contributed by atoms with E-state index < -0.39 is 0 Å². The Morgan fingerprint density at radius 3 is 3.25 bits per heavy atom. The smallest absolute Gasteiger partial charge is 0.104 e. The molecule has 1 atom stereocenters. The summed E-state index contributed by atoms with van der Waals surface area (Å²) in [4.78, 5) is 3.75. The molecule has 1 fully saturated rings. The van der Waals surface area contributed by atoms with Crippen molar-refractivity contribution in [2.75, 3.05) is 26.3 Å². The summed E-state index contributed by atoms with van der Waals surface area (Å²) in [6.45, 7) is 6.04. The highest BCUT2D eigenvalue weighted by Crippen LogP contribution is 2.21. The first kappa shape index (κ1) is 15.5. The Labute approximate surface area is 125 Å². The number of hydrogen-bond donors (Lipinski definition) is 1. The Hall–Kier alpha value is -0.860. The van der Waals surface area contributed by atoms with Crippen molar-refractivity contribution in [2.45, 2.75) is 38.8 Å². The molecule has 1 saturated heterocycles. The van der Waals surface area contributed by atoms with E-state index in [0.717, 1.165) is 38.2 Å². The van der Waals surface area contributed by atoms with Gasteiger partial charge in [0.1, 0.15) is 6.61 Å². The number of aliphatic hydroxyl groups excluding tert-OH is 1. The Balaban J connectivity index is 1.91. The highest BCUT2D eigenvalue weighted by atomic mass is 32.1. The number of hydrogen-bond acceptors (Lipinski definition) is 4. The van der Waals surface area contributed by atoms with Crippen LogP contribution in [0.1, 0.15) is 36.6 Å². The average Bonchev–Trinajstić information content (AvgIpc) is 2.90. The van der Waals surface area contributed by atoms with Crippen molar-refractivity contribution >= 4 is 11.3 Å². The maximum Gasteiger partial charge on any atom is 0.104 e. The molecule has 0 bridgehead atoms. The lowest BCUT2D eigenvalue weighted by Gasteiger charge is -2.32. The molecule has 110 valence electrons. The van der Waals surface area contributed by atoms with Gasteiger partial charge in [-0.05, 0) is 37.3 Å². The first-order chi connectivity index (χ1) is 9.83. The van der Waals surface area contributed by atoms with Crippen LogP contribution >= 0.6 is 11.3 Å². The number of aliphatic hydroxyl groups is 1. The van der Waals surface area contributed by atoms with Crippen LogP contribution in [0.2, 0.25) is 0 Å². The van der Waals surface area contributed by atoms with Gasteiger partial charge >= 0.3 is 0 Å². The van der Waals surface area contributed by atoms with Crippen LogP contribution in [0.15, 0.2) is 11.4 Å². The van der Waals surface area contributed by atoms with Crippen molar-refractivity contribution in [3.8, 4) is 11.8 Å². The topological polar surface area (TPSA) is 32.7 Å². The van der Waals surface area contributed by atoms with E-state index >= 15 is 0 Å². The molecule has 2 rings (SSSR count). The molecule has 1 aliphatic heterocycles. The Bertz CT molecular complexity index is 461. The molecular formula is C16H23NO2S.